The van der Waals surface area contributed by atoms with E-state index in [1.807, 2.05) is 30.3 Å². The predicted octanol–water partition coefficient (Wildman–Crippen LogP) is 3.65. The second-order valence-electron chi connectivity index (χ2n) is 3.88. The number of benzene rings is 1. The molecule has 1 aromatic rings. The number of hydrogen-bond acceptors (Lipinski definition) is 1. The zero-order valence-electron chi connectivity index (χ0n) is 9.82. The quantitative estimate of drug-likeness (QED) is 0.770. The van der Waals surface area contributed by atoms with E-state index in [0.717, 1.165) is 11.6 Å². The first-order valence-corrected chi connectivity index (χ1v) is 5.57. The molecule has 0 aromatic heterocycles. The summed E-state index contributed by atoms with van der Waals surface area (Å²) >= 11 is 0. The lowest BCUT2D eigenvalue weighted by molar-refractivity contribution is -0.0700. The second-order valence-corrected chi connectivity index (χ2v) is 3.88. The van der Waals surface area contributed by atoms with Crippen LogP contribution in [0.3, 0.4) is 0 Å². The van der Waals surface area contributed by atoms with Gasteiger partial charge >= 0.3 is 5.92 Å². The van der Waals surface area contributed by atoms with E-state index in [1.165, 1.54) is 0 Å². The number of aliphatic hydroxyl groups excluding tert-OH is 1. The van der Waals surface area contributed by atoms with Crippen molar-refractivity contribution in [1.82, 2.24) is 0 Å². The van der Waals surface area contributed by atoms with E-state index < -0.39 is 17.9 Å². The third-order valence-electron chi connectivity index (χ3n) is 2.51. The Morgan fingerprint density at radius 2 is 1.94 bits per heavy atom. The predicted molar refractivity (Wildman–Crippen MR) is 65.1 cm³/mol. The minimum absolute atomic E-state index is 0.148. The summed E-state index contributed by atoms with van der Waals surface area (Å²) in [6.07, 6.45) is -0.167. The zero-order chi connectivity index (χ0) is 13.6. The first-order chi connectivity index (χ1) is 8.48. The van der Waals surface area contributed by atoms with E-state index in [4.69, 9.17) is 5.11 Å². The van der Waals surface area contributed by atoms with Gasteiger partial charge in [0.05, 0.1) is 0 Å². The van der Waals surface area contributed by atoms with Crippen LogP contribution in [0.5, 0.6) is 0 Å². The Bertz CT molecular complexity index is 412. The molecule has 18 heavy (non-hydrogen) atoms. The van der Waals surface area contributed by atoms with Crippen molar-refractivity contribution in [3.63, 3.8) is 0 Å². The van der Waals surface area contributed by atoms with Crippen molar-refractivity contribution in [1.29, 1.82) is 0 Å². The van der Waals surface area contributed by atoms with E-state index in [9.17, 15) is 13.2 Å². The minimum Gasteiger partial charge on any atom is -0.382 e. The number of rotatable bonds is 6. The van der Waals surface area contributed by atoms with E-state index in [-0.39, 0.29) is 6.42 Å². The molecule has 1 rings (SSSR count). The third-order valence-corrected chi connectivity index (χ3v) is 2.51. The summed E-state index contributed by atoms with van der Waals surface area (Å²) in [6, 6.07) is 9.16. The summed E-state index contributed by atoms with van der Waals surface area (Å²) in [5.74, 6) is -5.52. The van der Waals surface area contributed by atoms with Crippen molar-refractivity contribution in [2.24, 2.45) is 0 Å². The van der Waals surface area contributed by atoms with Gasteiger partial charge in [0.15, 0.2) is 5.83 Å². The van der Waals surface area contributed by atoms with E-state index >= 15 is 0 Å². The molecule has 98 valence electrons. The Hall–Kier alpha value is -1.55. The van der Waals surface area contributed by atoms with Gasteiger partial charge in [0.25, 0.3) is 0 Å². The lowest BCUT2D eigenvalue weighted by Gasteiger charge is -2.17. The maximum atomic E-state index is 13.2. The fraction of sp³-hybridized carbons (Fsp3) is 0.286. The van der Waals surface area contributed by atoms with Crippen molar-refractivity contribution in [3.05, 3.63) is 60.5 Å². The molecule has 0 heterocycles. The van der Waals surface area contributed by atoms with Gasteiger partial charge in [0.2, 0.25) is 0 Å². The van der Waals surface area contributed by atoms with Crippen LogP contribution in [0.2, 0.25) is 0 Å². The van der Waals surface area contributed by atoms with E-state index in [0.29, 0.717) is 12.5 Å². The zero-order valence-corrected chi connectivity index (χ0v) is 9.82. The van der Waals surface area contributed by atoms with Crippen molar-refractivity contribution < 1.29 is 18.3 Å². The van der Waals surface area contributed by atoms with Gasteiger partial charge in [0.1, 0.15) is 6.10 Å². The summed E-state index contributed by atoms with van der Waals surface area (Å²) in [4.78, 5) is 0. The number of halogens is 3. The van der Waals surface area contributed by atoms with Crippen LogP contribution in [0, 0.1) is 0 Å². The van der Waals surface area contributed by atoms with Gasteiger partial charge in [-0.25, -0.2) is 4.39 Å². The standard InChI is InChI=1S/C14H15F3O/c1-2-13(18)14(16,17)12(15)10-6-9-11-7-4-3-5-8-11/h2-5,7-8,10,13,18H,1,6,9H2/b12-10+. The Kier molecular flexibility index (Phi) is 5.16. The molecule has 0 bridgehead atoms. The van der Waals surface area contributed by atoms with Crippen LogP contribution in [-0.2, 0) is 6.42 Å². The average Bonchev–Trinajstić information content (AvgIpc) is 2.38. The SMILES string of the molecule is C=CC(O)C(F)(F)/C(F)=C\CCc1ccccc1. The van der Waals surface area contributed by atoms with Crippen LogP contribution in [-0.4, -0.2) is 17.1 Å². The number of aliphatic hydroxyl groups is 1. The number of aryl methyl sites for hydroxylation is 1. The molecule has 0 saturated heterocycles. The molecule has 0 saturated carbocycles. The number of allylic oxidation sites excluding steroid dienone is 1. The summed E-state index contributed by atoms with van der Waals surface area (Å²) in [5.41, 5.74) is 0.939. The highest BCUT2D eigenvalue weighted by Gasteiger charge is 2.41. The van der Waals surface area contributed by atoms with Crippen LogP contribution in [0.4, 0.5) is 13.2 Å². The van der Waals surface area contributed by atoms with Crippen molar-refractivity contribution in [3.8, 4) is 0 Å². The molecule has 0 aliphatic rings. The highest BCUT2D eigenvalue weighted by atomic mass is 19.3. The summed E-state index contributed by atoms with van der Waals surface area (Å²) < 4.78 is 39.6. The smallest absolute Gasteiger partial charge is 0.327 e. The van der Waals surface area contributed by atoms with Crippen molar-refractivity contribution >= 4 is 0 Å². The largest absolute Gasteiger partial charge is 0.382 e. The Labute approximate surface area is 104 Å². The molecule has 0 aliphatic heterocycles. The molecule has 0 radical (unpaired) electrons. The van der Waals surface area contributed by atoms with Crippen LogP contribution < -0.4 is 0 Å². The molecule has 0 fully saturated rings. The van der Waals surface area contributed by atoms with Gasteiger partial charge in [-0.3, -0.25) is 0 Å². The molecule has 1 nitrogen and oxygen atoms in total. The Balaban J connectivity index is 2.59. The van der Waals surface area contributed by atoms with Gasteiger partial charge in [-0.15, -0.1) is 6.58 Å². The van der Waals surface area contributed by atoms with Gasteiger partial charge in [-0.05, 0) is 24.5 Å². The molecule has 1 atom stereocenters. The van der Waals surface area contributed by atoms with E-state index in [2.05, 4.69) is 6.58 Å². The first kappa shape index (κ1) is 14.5. The van der Waals surface area contributed by atoms with Crippen LogP contribution in [0.1, 0.15) is 12.0 Å². The van der Waals surface area contributed by atoms with Crippen LogP contribution in [0.25, 0.3) is 0 Å². The second kappa shape index (κ2) is 6.40. The maximum Gasteiger partial charge on any atom is 0.327 e. The van der Waals surface area contributed by atoms with Crippen molar-refractivity contribution in [2.75, 3.05) is 0 Å². The first-order valence-electron chi connectivity index (χ1n) is 5.57. The Morgan fingerprint density at radius 3 is 2.50 bits per heavy atom. The van der Waals surface area contributed by atoms with Gasteiger partial charge < -0.3 is 5.11 Å². The summed E-state index contributed by atoms with van der Waals surface area (Å²) in [7, 11) is 0. The number of alkyl halides is 2. The van der Waals surface area contributed by atoms with Gasteiger partial charge in [-0.1, -0.05) is 36.4 Å². The lowest BCUT2D eigenvalue weighted by Crippen LogP contribution is -2.32. The monoisotopic (exact) mass is 256 g/mol. The average molecular weight is 256 g/mol. The highest BCUT2D eigenvalue weighted by molar-refractivity contribution is 5.16. The molecule has 0 amide bonds. The van der Waals surface area contributed by atoms with Gasteiger partial charge in [0, 0.05) is 0 Å². The molecule has 1 aromatic carbocycles. The number of hydrogen-bond donors (Lipinski definition) is 1. The molecule has 1 N–H and O–H groups in total. The van der Waals surface area contributed by atoms with Crippen molar-refractivity contribution in [2.45, 2.75) is 24.9 Å². The molecule has 0 spiro atoms. The molecule has 0 aliphatic carbocycles. The van der Waals surface area contributed by atoms with Crippen LogP contribution in [0.15, 0.2) is 54.9 Å². The summed E-state index contributed by atoms with van der Waals surface area (Å²) in [6.45, 7) is 3.01. The van der Waals surface area contributed by atoms with Gasteiger partial charge in [-0.2, -0.15) is 8.78 Å². The third kappa shape index (κ3) is 3.74. The topological polar surface area (TPSA) is 20.2 Å². The maximum absolute atomic E-state index is 13.2. The molecule has 4 heteroatoms. The highest BCUT2D eigenvalue weighted by Crippen LogP contribution is 2.30. The lowest BCUT2D eigenvalue weighted by atomic mass is 10.1. The molecule has 1 unspecified atom stereocenters. The summed E-state index contributed by atoms with van der Waals surface area (Å²) in [5, 5.41) is 8.92. The minimum atomic E-state index is -3.90. The normalized spacial score (nSPS) is 14.3. The molecular weight excluding hydrogens is 241 g/mol. The Morgan fingerprint density at radius 1 is 1.33 bits per heavy atom. The fourth-order valence-corrected chi connectivity index (χ4v) is 1.44. The van der Waals surface area contributed by atoms with E-state index in [1.54, 1.807) is 0 Å². The fourth-order valence-electron chi connectivity index (χ4n) is 1.44. The van der Waals surface area contributed by atoms with Crippen LogP contribution >= 0.6 is 0 Å². The molecular formula is C14H15F3O.